The first kappa shape index (κ1) is 16.8. The van der Waals surface area contributed by atoms with Crippen LogP contribution in [-0.2, 0) is 0 Å². The molecule has 7 heteroatoms. The van der Waals surface area contributed by atoms with Crippen molar-refractivity contribution in [2.24, 2.45) is 0 Å². The molecule has 28 heavy (non-hydrogen) atoms. The van der Waals surface area contributed by atoms with Crippen molar-refractivity contribution in [2.75, 3.05) is 0 Å². The molecule has 1 N–H and O–H groups in total. The second kappa shape index (κ2) is 6.34. The minimum Gasteiger partial charge on any atom is -0.347 e. The van der Waals surface area contributed by atoms with Gasteiger partial charge in [-0.3, -0.25) is 4.79 Å². The number of nitriles is 1. The zero-order valence-electron chi connectivity index (χ0n) is 15.5. The van der Waals surface area contributed by atoms with E-state index in [1.165, 1.54) is 0 Å². The normalized spacial score (nSPS) is 23.1. The molecule has 2 aromatic heterocycles. The number of benzene rings is 1. The third-order valence-electron chi connectivity index (χ3n) is 5.97. The molecule has 1 amide bonds. The van der Waals surface area contributed by atoms with Crippen molar-refractivity contribution in [2.45, 2.75) is 44.3 Å². The highest BCUT2D eigenvalue weighted by Crippen LogP contribution is 2.37. The fourth-order valence-electron chi connectivity index (χ4n) is 4.58. The average Bonchev–Trinajstić information content (AvgIpc) is 3.39. The highest BCUT2D eigenvalue weighted by Gasteiger charge is 2.46. The highest BCUT2D eigenvalue weighted by molar-refractivity contribution is 5.94. The van der Waals surface area contributed by atoms with Gasteiger partial charge in [0.15, 0.2) is 11.8 Å². The predicted octanol–water partition coefficient (Wildman–Crippen LogP) is 2.55. The van der Waals surface area contributed by atoms with E-state index in [9.17, 15) is 10.1 Å². The fraction of sp³-hybridized carbons (Fsp3) is 0.333. The van der Waals surface area contributed by atoms with Crippen molar-refractivity contribution in [3.05, 3.63) is 53.9 Å². The standard InChI is InChI=1S/C21H20N6O/c1-13-17-3-2-10-23-20(17)27(25-13)15-6-4-14(5-7-15)21(28)24-18-11-16-8-9-19(18)26(16)12-22/h2-7,10,16,18-19H,8-9,11H2,1H3,(H,24,28)/t16-,18+,19+/m0/s1. The summed E-state index contributed by atoms with van der Waals surface area (Å²) in [7, 11) is 0. The van der Waals surface area contributed by atoms with Crippen molar-refractivity contribution in [1.29, 1.82) is 5.26 Å². The number of hydrogen-bond donors (Lipinski definition) is 1. The molecular formula is C21H20N6O. The van der Waals surface area contributed by atoms with Gasteiger partial charge in [-0.05, 0) is 62.6 Å². The Morgan fingerprint density at radius 2 is 2.07 bits per heavy atom. The number of carbonyl (C=O) groups is 1. The molecule has 2 aliphatic rings. The lowest BCUT2D eigenvalue weighted by Crippen LogP contribution is -2.43. The van der Waals surface area contributed by atoms with Gasteiger partial charge < -0.3 is 10.2 Å². The number of hydrogen-bond acceptors (Lipinski definition) is 5. The minimum absolute atomic E-state index is 0.0486. The maximum atomic E-state index is 12.7. The molecule has 0 aliphatic carbocycles. The Kier molecular flexibility index (Phi) is 3.79. The summed E-state index contributed by atoms with van der Waals surface area (Å²) in [6.45, 7) is 1.96. The summed E-state index contributed by atoms with van der Waals surface area (Å²) in [5.41, 5.74) is 3.19. The van der Waals surface area contributed by atoms with Crippen molar-refractivity contribution in [3.63, 3.8) is 0 Å². The SMILES string of the molecule is Cc1nn(-c2ccc(C(=O)N[C@@H]3C[C@@H]4CC[C@H]3N4C#N)cc2)c2ncccc12. The van der Waals surface area contributed by atoms with Crippen LogP contribution in [0.2, 0.25) is 0 Å². The van der Waals surface area contributed by atoms with E-state index in [1.54, 1.807) is 10.9 Å². The predicted molar refractivity (Wildman–Crippen MR) is 104 cm³/mol. The number of fused-ring (bicyclic) bond motifs is 3. The average molecular weight is 372 g/mol. The number of nitrogens with one attached hydrogen (secondary N) is 1. The Hall–Kier alpha value is -3.40. The van der Waals surface area contributed by atoms with Crippen LogP contribution in [-0.4, -0.2) is 43.7 Å². The maximum absolute atomic E-state index is 12.7. The van der Waals surface area contributed by atoms with E-state index in [2.05, 4.69) is 21.6 Å². The molecule has 140 valence electrons. The number of aromatic nitrogens is 3. The van der Waals surface area contributed by atoms with E-state index in [-0.39, 0.29) is 24.0 Å². The van der Waals surface area contributed by atoms with E-state index in [4.69, 9.17) is 0 Å². The smallest absolute Gasteiger partial charge is 0.251 e. The number of amides is 1. The van der Waals surface area contributed by atoms with Crippen molar-refractivity contribution >= 4 is 16.9 Å². The fourth-order valence-corrected chi connectivity index (χ4v) is 4.58. The van der Waals surface area contributed by atoms with Crippen LogP contribution in [0.3, 0.4) is 0 Å². The molecule has 3 aromatic rings. The zero-order valence-corrected chi connectivity index (χ0v) is 15.5. The first-order chi connectivity index (χ1) is 13.7. The molecule has 2 fully saturated rings. The Morgan fingerprint density at radius 3 is 2.82 bits per heavy atom. The lowest BCUT2D eigenvalue weighted by atomic mass is 9.95. The second-order valence-electron chi connectivity index (χ2n) is 7.54. The molecule has 5 rings (SSSR count). The molecule has 2 aliphatic heterocycles. The summed E-state index contributed by atoms with van der Waals surface area (Å²) < 4.78 is 1.80. The summed E-state index contributed by atoms with van der Waals surface area (Å²) in [5, 5.41) is 18.0. The first-order valence-corrected chi connectivity index (χ1v) is 9.55. The van der Waals surface area contributed by atoms with Gasteiger partial charge in [-0.15, -0.1) is 0 Å². The molecule has 7 nitrogen and oxygen atoms in total. The number of nitrogens with zero attached hydrogens (tertiary/aromatic N) is 5. The van der Waals surface area contributed by atoms with Crippen LogP contribution < -0.4 is 5.32 Å². The zero-order chi connectivity index (χ0) is 19.3. The van der Waals surface area contributed by atoms with E-state index in [0.29, 0.717) is 5.56 Å². The molecule has 1 aromatic carbocycles. The van der Waals surface area contributed by atoms with Crippen molar-refractivity contribution in [1.82, 2.24) is 25.0 Å². The molecule has 0 unspecified atom stereocenters. The van der Waals surface area contributed by atoms with Gasteiger partial charge in [0.05, 0.1) is 23.5 Å². The van der Waals surface area contributed by atoms with Gasteiger partial charge in [0, 0.05) is 23.2 Å². The van der Waals surface area contributed by atoms with Gasteiger partial charge in [0.2, 0.25) is 0 Å². The van der Waals surface area contributed by atoms with Gasteiger partial charge >= 0.3 is 0 Å². The summed E-state index contributed by atoms with van der Waals surface area (Å²) >= 11 is 0. The van der Waals surface area contributed by atoms with Gasteiger partial charge in [0.25, 0.3) is 5.91 Å². The Morgan fingerprint density at radius 1 is 1.25 bits per heavy atom. The number of rotatable bonds is 3. The van der Waals surface area contributed by atoms with E-state index in [0.717, 1.165) is 41.7 Å². The molecular weight excluding hydrogens is 352 g/mol. The summed E-state index contributed by atoms with van der Waals surface area (Å²) in [4.78, 5) is 19.0. The van der Waals surface area contributed by atoms with Crippen LogP contribution >= 0.6 is 0 Å². The molecule has 3 atom stereocenters. The minimum atomic E-state index is -0.0957. The third kappa shape index (κ3) is 2.53. The summed E-state index contributed by atoms with van der Waals surface area (Å²) in [5.74, 6) is -0.0957. The second-order valence-corrected chi connectivity index (χ2v) is 7.54. The van der Waals surface area contributed by atoms with Crippen LogP contribution in [0, 0.1) is 18.4 Å². The Balaban J connectivity index is 1.35. The number of carbonyl (C=O) groups excluding carboxylic acids is 1. The number of aryl methyl sites for hydroxylation is 1. The summed E-state index contributed by atoms with van der Waals surface area (Å²) in [6.07, 6.45) is 6.90. The van der Waals surface area contributed by atoms with Gasteiger partial charge in [-0.1, -0.05) is 0 Å². The maximum Gasteiger partial charge on any atom is 0.251 e. The van der Waals surface area contributed by atoms with Crippen LogP contribution in [0.25, 0.3) is 16.7 Å². The van der Waals surface area contributed by atoms with Crippen molar-refractivity contribution < 1.29 is 4.79 Å². The molecule has 4 heterocycles. The lowest BCUT2D eigenvalue weighted by Gasteiger charge is -2.21. The highest BCUT2D eigenvalue weighted by atomic mass is 16.1. The van der Waals surface area contributed by atoms with Crippen LogP contribution in [0.4, 0.5) is 0 Å². The van der Waals surface area contributed by atoms with Crippen molar-refractivity contribution in [3.8, 4) is 11.9 Å². The largest absolute Gasteiger partial charge is 0.347 e. The van der Waals surface area contributed by atoms with E-state index in [1.807, 2.05) is 48.2 Å². The Labute approximate surface area is 162 Å². The van der Waals surface area contributed by atoms with Crippen LogP contribution in [0.15, 0.2) is 42.6 Å². The number of pyridine rings is 1. The molecule has 0 radical (unpaired) electrons. The van der Waals surface area contributed by atoms with Gasteiger partial charge in [0.1, 0.15) is 0 Å². The Bertz CT molecular complexity index is 1100. The molecule has 2 saturated heterocycles. The summed E-state index contributed by atoms with van der Waals surface area (Å²) in [6, 6.07) is 11.8. The van der Waals surface area contributed by atoms with E-state index < -0.39 is 0 Å². The molecule has 0 spiro atoms. The van der Waals surface area contributed by atoms with Crippen LogP contribution in [0.1, 0.15) is 35.3 Å². The quantitative estimate of drug-likeness (QED) is 0.714. The molecule has 0 saturated carbocycles. The van der Waals surface area contributed by atoms with Crippen LogP contribution in [0.5, 0.6) is 0 Å². The monoisotopic (exact) mass is 372 g/mol. The lowest BCUT2D eigenvalue weighted by molar-refractivity contribution is 0.0928. The van der Waals surface area contributed by atoms with Gasteiger partial charge in [-0.25, -0.2) is 9.67 Å². The third-order valence-corrected chi connectivity index (χ3v) is 5.97. The first-order valence-electron chi connectivity index (χ1n) is 9.55. The topological polar surface area (TPSA) is 86.8 Å². The van der Waals surface area contributed by atoms with E-state index >= 15 is 0 Å². The molecule has 2 bridgehead atoms. The van der Waals surface area contributed by atoms with Gasteiger partial charge in [-0.2, -0.15) is 10.4 Å².